The van der Waals surface area contributed by atoms with Crippen LogP contribution in [0.1, 0.15) is 51.4 Å². The van der Waals surface area contributed by atoms with Crippen LogP contribution >= 0.6 is 0 Å². The van der Waals surface area contributed by atoms with Crippen molar-refractivity contribution in [2.24, 2.45) is 17.8 Å². The molecular weight excluding hydrogens is 372 g/mol. The maximum absolute atomic E-state index is 4.40. The normalized spacial score (nSPS) is 25.9. The average Bonchev–Trinajstić information content (AvgIpc) is 3.52. The van der Waals surface area contributed by atoms with Gasteiger partial charge in [-0.3, -0.25) is 0 Å². The van der Waals surface area contributed by atoms with Crippen LogP contribution in [-0.2, 0) is 0 Å². The SMILES string of the molecule is C=C(CCC1=CC2C=C(CCCCC3CC3)C=CC2=C1)C1=CC(=C)C2C=CC=CC2=C1. The summed E-state index contributed by atoms with van der Waals surface area (Å²) in [5.74, 6) is 1.90. The van der Waals surface area contributed by atoms with E-state index in [0.29, 0.717) is 11.8 Å². The first-order valence-corrected chi connectivity index (χ1v) is 12.1. The van der Waals surface area contributed by atoms with Crippen LogP contribution in [0, 0.1) is 17.8 Å². The molecule has 1 saturated carbocycles. The highest BCUT2D eigenvalue weighted by molar-refractivity contribution is 5.56. The van der Waals surface area contributed by atoms with Crippen LogP contribution in [0.2, 0.25) is 0 Å². The number of allylic oxidation sites excluding steroid dienone is 18. The van der Waals surface area contributed by atoms with Crippen LogP contribution in [-0.4, -0.2) is 0 Å². The third kappa shape index (κ3) is 4.85. The van der Waals surface area contributed by atoms with E-state index in [2.05, 4.69) is 80.0 Å². The topological polar surface area (TPSA) is 0 Å². The van der Waals surface area contributed by atoms with Crippen LogP contribution in [0.4, 0.5) is 0 Å². The van der Waals surface area contributed by atoms with Crippen LogP contribution in [0.3, 0.4) is 0 Å². The molecule has 0 N–H and O–H groups in total. The number of unbranched alkanes of at least 4 members (excludes halogenated alkanes) is 1. The predicted octanol–water partition coefficient (Wildman–Crippen LogP) is 8.44. The second-order valence-corrected chi connectivity index (χ2v) is 9.82. The molecule has 0 radical (unpaired) electrons. The largest absolute Gasteiger partial charge is 0.0952 e. The first-order chi connectivity index (χ1) is 15.2. The first-order valence-electron chi connectivity index (χ1n) is 12.1. The van der Waals surface area contributed by atoms with E-state index in [9.17, 15) is 0 Å². The molecule has 0 aromatic heterocycles. The zero-order valence-corrected chi connectivity index (χ0v) is 18.7. The van der Waals surface area contributed by atoms with E-state index < -0.39 is 0 Å². The van der Waals surface area contributed by atoms with Crippen LogP contribution < -0.4 is 0 Å². The molecule has 5 aliphatic carbocycles. The van der Waals surface area contributed by atoms with Crippen molar-refractivity contribution in [2.45, 2.75) is 51.4 Å². The molecule has 0 amide bonds. The summed E-state index contributed by atoms with van der Waals surface area (Å²) in [5.41, 5.74) is 9.40. The van der Waals surface area contributed by atoms with Crippen LogP contribution in [0.5, 0.6) is 0 Å². The fourth-order valence-electron chi connectivity index (χ4n) is 5.16. The third-order valence-corrected chi connectivity index (χ3v) is 7.29. The molecule has 0 heteroatoms. The van der Waals surface area contributed by atoms with Gasteiger partial charge in [-0.1, -0.05) is 117 Å². The minimum Gasteiger partial charge on any atom is -0.0952 e. The Kier molecular flexibility index (Phi) is 5.81. The van der Waals surface area contributed by atoms with Crippen molar-refractivity contribution < 1.29 is 0 Å². The predicted molar refractivity (Wildman–Crippen MR) is 134 cm³/mol. The summed E-state index contributed by atoms with van der Waals surface area (Å²) >= 11 is 0. The van der Waals surface area contributed by atoms with Gasteiger partial charge >= 0.3 is 0 Å². The van der Waals surface area contributed by atoms with Crippen molar-refractivity contribution in [1.82, 2.24) is 0 Å². The van der Waals surface area contributed by atoms with Gasteiger partial charge < -0.3 is 0 Å². The van der Waals surface area contributed by atoms with E-state index in [1.165, 1.54) is 77.5 Å². The van der Waals surface area contributed by atoms with E-state index >= 15 is 0 Å². The minimum atomic E-state index is 0.341. The lowest BCUT2D eigenvalue weighted by molar-refractivity contribution is 0.628. The molecule has 0 aliphatic heterocycles. The molecule has 31 heavy (non-hydrogen) atoms. The van der Waals surface area contributed by atoms with Gasteiger partial charge in [-0.15, -0.1) is 0 Å². The Hall–Kier alpha value is -2.60. The minimum absolute atomic E-state index is 0.341. The van der Waals surface area contributed by atoms with Crippen LogP contribution in [0.15, 0.2) is 119 Å². The third-order valence-electron chi connectivity index (χ3n) is 7.29. The van der Waals surface area contributed by atoms with Crippen molar-refractivity contribution in [3.05, 3.63) is 119 Å². The number of hydrogen-bond donors (Lipinski definition) is 0. The summed E-state index contributed by atoms with van der Waals surface area (Å²) in [7, 11) is 0. The molecule has 2 unspecified atom stereocenters. The van der Waals surface area contributed by atoms with Crippen molar-refractivity contribution >= 4 is 0 Å². The zero-order valence-electron chi connectivity index (χ0n) is 18.7. The van der Waals surface area contributed by atoms with Crippen LogP contribution in [0.25, 0.3) is 0 Å². The quantitative estimate of drug-likeness (QED) is 0.337. The molecule has 0 nitrogen and oxygen atoms in total. The summed E-state index contributed by atoms with van der Waals surface area (Å²) in [5, 5.41) is 0. The first kappa shape index (κ1) is 20.3. The van der Waals surface area contributed by atoms with E-state index in [0.717, 1.165) is 18.8 Å². The lowest BCUT2D eigenvalue weighted by Gasteiger charge is -2.24. The Bertz CT molecular complexity index is 1020. The summed E-state index contributed by atoms with van der Waals surface area (Å²) in [6.07, 6.45) is 35.7. The molecule has 0 saturated heterocycles. The molecule has 0 aromatic carbocycles. The van der Waals surface area contributed by atoms with Gasteiger partial charge in [0.25, 0.3) is 0 Å². The van der Waals surface area contributed by atoms with E-state index in [1.807, 2.05) is 0 Å². The summed E-state index contributed by atoms with van der Waals surface area (Å²) in [4.78, 5) is 0. The fourth-order valence-corrected chi connectivity index (χ4v) is 5.16. The molecule has 0 heterocycles. The summed E-state index contributed by atoms with van der Waals surface area (Å²) < 4.78 is 0. The van der Waals surface area contributed by atoms with Gasteiger partial charge in [-0.05, 0) is 59.5 Å². The summed E-state index contributed by atoms with van der Waals surface area (Å²) in [6, 6.07) is 0. The van der Waals surface area contributed by atoms with Gasteiger partial charge in [0.1, 0.15) is 0 Å². The zero-order chi connectivity index (χ0) is 21.2. The summed E-state index contributed by atoms with van der Waals surface area (Å²) in [6.45, 7) is 8.69. The van der Waals surface area contributed by atoms with E-state index in [-0.39, 0.29) is 0 Å². The fraction of sp³-hybridized carbons (Fsp3) is 0.355. The molecule has 2 atom stereocenters. The molecule has 5 rings (SSSR count). The highest BCUT2D eigenvalue weighted by atomic mass is 14.3. The Balaban J connectivity index is 1.15. The van der Waals surface area contributed by atoms with Gasteiger partial charge in [-0.2, -0.15) is 0 Å². The average molecular weight is 407 g/mol. The number of hydrogen-bond acceptors (Lipinski definition) is 0. The van der Waals surface area contributed by atoms with Crippen molar-refractivity contribution in [3.8, 4) is 0 Å². The molecule has 1 fully saturated rings. The van der Waals surface area contributed by atoms with Gasteiger partial charge in [0.05, 0.1) is 0 Å². The second-order valence-electron chi connectivity index (χ2n) is 9.82. The van der Waals surface area contributed by atoms with Crippen molar-refractivity contribution in [1.29, 1.82) is 0 Å². The Morgan fingerprint density at radius 3 is 2.61 bits per heavy atom. The monoisotopic (exact) mass is 406 g/mol. The highest BCUT2D eigenvalue weighted by Crippen LogP contribution is 2.38. The van der Waals surface area contributed by atoms with E-state index in [4.69, 9.17) is 0 Å². The second kappa shape index (κ2) is 8.87. The highest BCUT2D eigenvalue weighted by Gasteiger charge is 2.22. The molecule has 0 spiro atoms. The standard InChI is InChI=1S/C31H34/c1-22(29-17-23(2)31-10-6-5-9-28(31)21-29)11-12-26-19-27-16-15-25(18-30(27)20-26)8-4-3-7-24-13-14-24/h5-6,9-10,15-21,24,30-31H,1-4,7-8,11-14H2. The van der Waals surface area contributed by atoms with Gasteiger partial charge in [0.15, 0.2) is 0 Å². The van der Waals surface area contributed by atoms with Gasteiger partial charge in [-0.25, -0.2) is 0 Å². The maximum Gasteiger partial charge on any atom is 0.0267 e. The van der Waals surface area contributed by atoms with Crippen molar-refractivity contribution in [3.63, 3.8) is 0 Å². The maximum atomic E-state index is 4.40. The van der Waals surface area contributed by atoms with E-state index in [1.54, 1.807) is 0 Å². The molecule has 158 valence electrons. The van der Waals surface area contributed by atoms with Gasteiger partial charge in [0.2, 0.25) is 0 Å². The molecule has 0 aromatic rings. The Morgan fingerprint density at radius 1 is 0.871 bits per heavy atom. The molecule has 0 bridgehead atoms. The van der Waals surface area contributed by atoms with Gasteiger partial charge in [0, 0.05) is 11.8 Å². The number of fused-ring (bicyclic) bond motifs is 2. The van der Waals surface area contributed by atoms with Crippen molar-refractivity contribution in [2.75, 3.05) is 0 Å². The molecule has 5 aliphatic rings. The lowest BCUT2D eigenvalue weighted by Crippen LogP contribution is -2.09. The Labute approximate surface area is 188 Å². The molecular formula is C31H34. The Morgan fingerprint density at radius 2 is 1.74 bits per heavy atom. The number of rotatable bonds is 9. The smallest absolute Gasteiger partial charge is 0.0267 e. The lowest BCUT2D eigenvalue weighted by atomic mass is 9.80.